The van der Waals surface area contributed by atoms with Crippen molar-refractivity contribution >= 4 is 49.1 Å². The van der Waals surface area contributed by atoms with E-state index in [0.717, 1.165) is 25.1 Å². The van der Waals surface area contributed by atoms with Crippen molar-refractivity contribution in [1.29, 1.82) is 0 Å². The van der Waals surface area contributed by atoms with E-state index in [4.69, 9.17) is 0 Å². The molecule has 3 rings (SSSR count). The number of halogens is 3. The average Bonchev–Trinajstić information content (AvgIpc) is 2.94. The molecule has 0 saturated carbocycles. The molecular formula is C14H10Br2FNOS. The average molecular weight is 419 g/mol. The van der Waals surface area contributed by atoms with Crippen molar-refractivity contribution in [2.45, 2.75) is 18.9 Å². The van der Waals surface area contributed by atoms with Crippen LogP contribution >= 0.6 is 43.2 Å². The van der Waals surface area contributed by atoms with Gasteiger partial charge in [-0.25, -0.2) is 4.39 Å². The van der Waals surface area contributed by atoms with Gasteiger partial charge >= 0.3 is 0 Å². The van der Waals surface area contributed by atoms with E-state index in [1.807, 2.05) is 6.07 Å². The summed E-state index contributed by atoms with van der Waals surface area (Å²) < 4.78 is 15.4. The van der Waals surface area contributed by atoms with Crippen molar-refractivity contribution in [3.05, 3.63) is 54.3 Å². The predicted molar refractivity (Wildman–Crippen MR) is 84.6 cm³/mol. The standard InChI is InChI=1S/C14H10Br2FNOS/c15-12-6-9(13(16)20-12)14(19)18-11-5-4-7-8(11)2-1-3-10(7)17/h1-3,6,11H,4-5H2,(H,18,19). The molecule has 6 heteroatoms. The van der Waals surface area contributed by atoms with Gasteiger partial charge in [0.2, 0.25) is 0 Å². The van der Waals surface area contributed by atoms with Gasteiger partial charge in [-0.05, 0) is 68.0 Å². The number of thiophene rings is 1. The summed E-state index contributed by atoms with van der Waals surface area (Å²) in [5, 5.41) is 2.98. The second-order valence-electron chi connectivity index (χ2n) is 4.61. The molecule has 2 nitrogen and oxygen atoms in total. The number of rotatable bonds is 2. The molecule has 20 heavy (non-hydrogen) atoms. The van der Waals surface area contributed by atoms with Gasteiger partial charge < -0.3 is 5.32 Å². The molecule has 104 valence electrons. The number of benzene rings is 1. The third-order valence-electron chi connectivity index (χ3n) is 3.42. The minimum absolute atomic E-state index is 0.112. The smallest absolute Gasteiger partial charge is 0.253 e. The topological polar surface area (TPSA) is 29.1 Å². The first kappa shape index (κ1) is 14.2. The van der Waals surface area contributed by atoms with Crippen LogP contribution in [0.3, 0.4) is 0 Å². The molecule has 1 heterocycles. The quantitative estimate of drug-likeness (QED) is 0.743. The normalized spacial score (nSPS) is 17.1. The molecule has 1 aliphatic rings. The number of amides is 1. The second-order valence-corrected chi connectivity index (χ2v) is 8.36. The molecule has 0 bridgehead atoms. The Morgan fingerprint density at radius 2 is 2.20 bits per heavy atom. The van der Waals surface area contributed by atoms with Crippen molar-refractivity contribution in [3.63, 3.8) is 0 Å². The van der Waals surface area contributed by atoms with E-state index < -0.39 is 0 Å². The van der Waals surface area contributed by atoms with Gasteiger partial charge in [0.15, 0.2) is 0 Å². The third kappa shape index (κ3) is 2.56. The molecule has 0 aliphatic heterocycles. The Morgan fingerprint density at radius 3 is 2.90 bits per heavy atom. The monoisotopic (exact) mass is 417 g/mol. The number of hydrogen-bond donors (Lipinski definition) is 1. The van der Waals surface area contributed by atoms with Crippen LogP contribution in [-0.2, 0) is 6.42 Å². The summed E-state index contributed by atoms with van der Waals surface area (Å²) in [6, 6.07) is 6.71. The molecule has 1 aromatic carbocycles. The lowest BCUT2D eigenvalue weighted by atomic mass is 10.1. The van der Waals surface area contributed by atoms with Gasteiger partial charge in [-0.3, -0.25) is 4.79 Å². The summed E-state index contributed by atoms with van der Waals surface area (Å²) in [6.45, 7) is 0. The van der Waals surface area contributed by atoms with E-state index in [0.29, 0.717) is 12.0 Å². The maximum Gasteiger partial charge on any atom is 0.253 e. The van der Waals surface area contributed by atoms with Crippen LogP contribution in [0.4, 0.5) is 4.39 Å². The first-order valence-electron chi connectivity index (χ1n) is 6.09. The van der Waals surface area contributed by atoms with Crippen LogP contribution in [0.15, 0.2) is 31.8 Å². The summed E-state index contributed by atoms with van der Waals surface area (Å²) in [7, 11) is 0. The summed E-state index contributed by atoms with van der Waals surface area (Å²) in [5.74, 6) is -0.320. The van der Waals surface area contributed by atoms with Crippen molar-refractivity contribution in [2.75, 3.05) is 0 Å². The third-order valence-corrected chi connectivity index (χ3v) is 5.76. The zero-order valence-electron chi connectivity index (χ0n) is 10.3. The fraction of sp³-hybridized carbons (Fsp3) is 0.214. The number of nitrogens with one attached hydrogen (secondary N) is 1. The Morgan fingerprint density at radius 1 is 1.40 bits per heavy atom. The molecule has 1 N–H and O–H groups in total. The molecule has 0 radical (unpaired) electrons. The van der Waals surface area contributed by atoms with Gasteiger partial charge in [-0.15, -0.1) is 11.3 Å². The van der Waals surface area contributed by atoms with Crippen molar-refractivity contribution < 1.29 is 9.18 Å². The summed E-state index contributed by atoms with van der Waals surface area (Å²) in [4.78, 5) is 12.3. The van der Waals surface area contributed by atoms with Gasteiger partial charge in [0.25, 0.3) is 5.91 Å². The Labute approximate surface area is 136 Å². The van der Waals surface area contributed by atoms with E-state index in [2.05, 4.69) is 37.2 Å². The fourth-order valence-corrected chi connectivity index (χ4v) is 5.28. The van der Waals surface area contributed by atoms with E-state index in [1.165, 1.54) is 17.4 Å². The molecular weight excluding hydrogens is 409 g/mol. The molecule has 1 aliphatic carbocycles. The summed E-state index contributed by atoms with van der Waals surface area (Å²) >= 11 is 8.19. The lowest BCUT2D eigenvalue weighted by Crippen LogP contribution is -2.27. The molecule has 1 aromatic heterocycles. The number of hydrogen-bond acceptors (Lipinski definition) is 2. The summed E-state index contributed by atoms with van der Waals surface area (Å²) in [6.07, 6.45) is 1.41. The van der Waals surface area contributed by atoms with Gasteiger partial charge in [-0.1, -0.05) is 12.1 Å². The maximum atomic E-state index is 13.7. The first-order valence-corrected chi connectivity index (χ1v) is 8.49. The molecule has 2 aromatic rings. The summed E-state index contributed by atoms with van der Waals surface area (Å²) in [5.41, 5.74) is 2.22. The number of carbonyl (C=O) groups is 1. The van der Waals surface area contributed by atoms with Crippen LogP contribution in [0.5, 0.6) is 0 Å². The largest absolute Gasteiger partial charge is 0.345 e. The van der Waals surface area contributed by atoms with Gasteiger partial charge in [0.05, 0.1) is 19.2 Å². The van der Waals surface area contributed by atoms with Crippen molar-refractivity contribution in [3.8, 4) is 0 Å². The lowest BCUT2D eigenvalue weighted by molar-refractivity contribution is 0.0936. The van der Waals surface area contributed by atoms with Crippen molar-refractivity contribution in [1.82, 2.24) is 5.32 Å². The van der Waals surface area contributed by atoms with Crippen LogP contribution in [0.1, 0.15) is 33.9 Å². The van der Waals surface area contributed by atoms with E-state index in [1.54, 1.807) is 12.1 Å². The minimum atomic E-state index is -0.182. The minimum Gasteiger partial charge on any atom is -0.345 e. The van der Waals surface area contributed by atoms with Gasteiger partial charge in [0, 0.05) is 0 Å². The molecule has 0 fully saturated rings. The molecule has 1 amide bonds. The van der Waals surface area contributed by atoms with E-state index >= 15 is 0 Å². The number of fused-ring (bicyclic) bond motifs is 1. The maximum absolute atomic E-state index is 13.7. The van der Waals surface area contributed by atoms with Crippen LogP contribution in [0, 0.1) is 5.82 Å². The van der Waals surface area contributed by atoms with Gasteiger partial charge in [-0.2, -0.15) is 0 Å². The highest BCUT2D eigenvalue weighted by Crippen LogP contribution is 2.35. The molecule has 0 spiro atoms. The molecule has 1 unspecified atom stereocenters. The van der Waals surface area contributed by atoms with Crippen LogP contribution < -0.4 is 5.32 Å². The van der Waals surface area contributed by atoms with Crippen LogP contribution in [0.2, 0.25) is 0 Å². The fourth-order valence-electron chi connectivity index (χ4n) is 2.49. The number of carbonyl (C=O) groups excluding carboxylic acids is 1. The second kappa shape index (κ2) is 5.58. The Hall–Kier alpha value is -0.720. The lowest BCUT2D eigenvalue weighted by Gasteiger charge is -2.13. The van der Waals surface area contributed by atoms with Crippen LogP contribution in [0.25, 0.3) is 0 Å². The predicted octanol–water partition coefficient (Wildman–Crippen LogP) is 4.83. The molecule has 1 atom stereocenters. The Bertz CT molecular complexity index is 686. The Balaban J connectivity index is 1.82. The highest BCUT2D eigenvalue weighted by molar-refractivity contribution is 9.12. The SMILES string of the molecule is O=C(NC1CCc2c(F)cccc21)c1cc(Br)sc1Br. The van der Waals surface area contributed by atoms with Crippen LogP contribution in [-0.4, -0.2) is 5.91 Å². The highest BCUT2D eigenvalue weighted by Gasteiger charge is 2.27. The zero-order chi connectivity index (χ0) is 14.3. The van der Waals surface area contributed by atoms with E-state index in [-0.39, 0.29) is 17.8 Å². The Kier molecular flexibility index (Phi) is 3.97. The first-order chi connectivity index (χ1) is 9.56. The highest BCUT2D eigenvalue weighted by atomic mass is 79.9. The van der Waals surface area contributed by atoms with E-state index in [9.17, 15) is 9.18 Å². The molecule has 0 saturated heterocycles. The van der Waals surface area contributed by atoms with Gasteiger partial charge in [0.1, 0.15) is 5.82 Å². The zero-order valence-corrected chi connectivity index (χ0v) is 14.2. The van der Waals surface area contributed by atoms with Crippen molar-refractivity contribution in [2.24, 2.45) is 0 Å².